The first-order valence-electron chi connectivity index (χ1n) is 16.2. The summed E-state index contributed by atoms with van der Waals surface area (Å²) in [4.78, 5) is 15.8. The van der Waals surface area contributed by atoms with Crippen LogP contribution in [-0.2, 0) is 32.5 Å². The van der Waals surface area contributed by atoms with E-state index in [4.69, 9.17) is 25.8 Å². The number of sulfonamides is 1. The Morgan fingerprint density at radius 1 is 1.00 bits per heavy atom. The Morgan fingerprint density at radius 3 is 2.64 bits per heavy atom. The Bertz CT molecular complexity index is 1460. The van der Waals surface area contributed by atoms with Crippen LogP contribution in [-0.4, -0.2) is 58.1 Å². The van der Waals surface area contributed by atoms with Crippen molar-refractivity contribution in [2.45, 2.75) is 82.7 Å². The van der Waals surface area contributed by atoms with Gasteiger partial charge in [0.1, 0.15) is 12.4 Å². The van der Waals surface area contributed by atoms with Crippen molar-refractivity contribution in [3.63, 3.8) is 0 Å². The standard InChI is InChI=1S/C34H45ClN2O6S/c1-23-6-5-14-34(22-41-16-17-43-34)30-12-9-27(30)20-37-15-4-3-7-25-18-29(35)11-8-28(25)21-42-32-13-10-26(19-31(32)37)33(38)36-44(39,40)24(23)2/h8,10-11,13,18-19,23-24,27,30H,3-7,9,12,14-17,20-22H2,1-2H3,(H,36,38)/t23-,24+,27-,30+,34-/m0/s1. The summed E-state index contributed by atoms with van der Waals surface area (Å²) in [6, 6.07) is 11.2. The molecule has 3 aliphatic heterocycles. The number of hydrogen-bond acceptors (Lipinski definition) is 7. The van der Waals surface area contributed by atoms with Gasteiger partial charge >= 0.3 is 0 Å². The first-order valence-corrected chi connectivity index (χ1v) is 18.1. The average Bonchev–Trinajstić information content (AvgIpc) is 3.01. The molecule has 10 heteroatoms. The third-order valence-electron chi connectivity index (χ3n) is 10.5. The van der Waals surface area contributed by atoms with Crippen LogP contribution in [0.4, 0.5) is 5.69 Å². The van der Waals surface area contributed by atoms with Crippen molar-refractivity contribution in [3.05, 3.63) is 58.1 Å². The first-order chi connectivity index (χ1) is 21.1. The fourth-order valence-corrected chi connectivity index (χ4v) is 9.03. The molecule has 44 heavy (non-hydrogen) atoms. The van der Waals surface area contributed by atoms with E-state index < -0.39 is 21.2 Å². The molecule has 0 aromatic heterocycles. The molecular formula is C34H45ClN2O6S. The topological polar surface area (TPSA) is 94.2 Å². The Hall–Kier alpha value is -2.33. The molecule has 1 aliphatic carbocycles. The summed E-state index contributed by atoms with van der Waals surface area (Å²) < 4.78 is 48.2. The minimum Gasteiger partial charge on any atom is -0.487 e. The molecule has 1 saturated carbocycles. The van der Waals surface area contributed by atoms with Gasteiger partial charge in [-0.1, -0.05) is 31.0 Å². The Balaban J connectivity index is 1.39. The fraction of sp³-hybridized carbons (Fsp3) is 0.618. The molecule has 2 fully saturated rings. The molecule has 5 atom stereocenters. The van der Waals surface area contributed by atoms with E-state index in [1.807, 2.05) is 37.3 Å². The van der Waals surface area contributed by atoms with Gasteiger partial charge < -0.3 is 19.1 Å². The van der Waals surface area contributed by atoms with E-state index >= 15 is 0 Å². The highest BCUT2D eigenvalue weighted by atomic mass is 35.5. The lowest BCUT2D eigenvalue weighted by molar-refractivity contribution is -0.212. The van der Waals surface area contributed by atoms with Gasteiger partial charge in [0.05, 0.1) is 36.4 Å². The number of carbonyl (C=O) groups is 1. The summed E-state index contributed by atoms with van der Waals surface area (Å²) in [7, 11) is -3.89. The molecule has 2 bridgehead atoms. The van der Waals surface area contributed by atoms with Crippen LogP contribution >= 0.6 is 11.6 Å². The van der Waals surface area contributed by atoms with E-state index in [0.717, 1.165) is 80.7 Å². The van der Waals surface area contributed by atoms with Crippen LogP contribution in [0.5, 0.6) is 5.75 Å². The van der Waals surface area contributed by atoms with Crippen molar-refractivity contribution in [3.8, 4) is 5.75 Å². The van der Waals surface area contributed by atoms with E-state index in [0.29, 0.717) is 49.6 Å². The second-order valence-corrected chi connectivity index (χ2v) is 15.7. The van der Waals surface area contributed by atoms with Crippen LogP contribution in [0, 0.1) is 17.8 Å². The minimum atomic E-state index is -3.89. The molecule has 4 aliphatic rings. The van der Waals surface area contributed by atoms with Crippen molar-refractivity contribution in [1.29, 1.82) is 0 Å². The number of halogens is 1. The van der Waals surface area contributed by atoms with E-state index in [1.54, 1.807) is 13.0 Å². The molecule has 3 heterocycles. The predicted octanol–water partition coefficient (Wildman–Crippen LogP) is 6.14. The summed E-state index contributed by atoms with van der Waals surface area (Å²) in [6.07, 6.45) is 7.45. The van der Waals surface area contributed by atoms with Gasteiger partial charge in [0.25, 0.3) is 5.91 Å². The Labute approximate surface area is 266 Å². The SMILES string of the molecule is C[C@@H]1[C@@H](C)CCC[C@]2(COCCO2)[C@@H]2CC[C@H]2CN2CCCCc3cc(Cl)ccc3COc3ccc(cc32)C(=O)NS1(=O)=O. The zero-order valence-electron chi connectivity index (χ0n) is 25.9. The molecule has 1 saturated heterocycles. The number of nitrogens with one attached hydrogen (secondary N) is 1. The molecule has 0 radical (unpaired) electrons. The van der Waals surface area contributed by atoms with Gasteiger partial charge in [0.2, 0.25) is 10.0 Å². The molecule has 2 aromatic rings. The lowest BCUT2D eigenvalue weighted by Crippen LogP contribution is -2.57. The smallest absolute Gasteiger partial charge is 0.264 e. The Morgan fingerprint density at radius 2 is 1.86 bits per heavy atom. The van der Waals surface area contributed by atoms with Crippen molar-refractivity contribution in [2.24, 2.45) is 17.8 Å². The maximum absolute atomic E-state index is 13.4. The van der Waals surface area contributed by atoms with Crippen molar-refractivity contribution >= 4 is 33.2 Å². The number of anilines is 1. The summed E-state index contributed by atoms with van der Waals surface area (Å²) >= 11 is 6.35. The van der Waals surface area contributed by atoms with Gasteiger partial charge in [0.15, 0.2) is 0 Å². The first kappa shape index (κ1) is 31.6. The van der Waals surface area contributed by atoms with Crippen molar-refractivity contribution < 1.29 is 27.4 Å². The van der Waals surface area contributed by atoms with Gasteiger partial charge in [-0.3, -0.25) is 4.79 Å². The largest absolute Gasteiger partial charge is 0.487 e. The highest BCUT2D eigenvalue weighted by molar-refractivity contribution is 7.90. The third kappa shape index (κ3) is 6.62. The maximum atomic E-state index is 13.4. The molecule has 1 amide bonds. The number of aryl methyl sites for hydroxylation is 1. The van der Waals surface area contributed by atoms with Gasteiger partial charge in [-0.25, -0.2) is 13.1 Å². The van der Waals surface area contributed by atoms with Gasteiger partial charge in [0, 0.05) is 23.7 Å². The third-order valence-corrected chi connectivity index (χ3v) is 12.7. The highest BCUT2D eigenvalue weighted by Crippen LogP contribution is 2.48. The van der Waals surface area contributed by atoms with Gasteiger partial charge in [-0.15, -0.1) is 0 Å². The summed E-state index contributed by atoms with van der Waals surface area (Å²) in [5.41, 5.74) is 3.06. The van der Waals surface area contributed by atoms with Crippen LogP contribution in [0.1, 0.15) is 80.3 Å². The minimum absolute atomic E-state index is 0.124. The number of carbonyl (C=O) groups excluding carboxylic acids is 1. The van der Waals surface area contributed by atoms with Crippen LogP contribution in [0.2, 0.25) is 5.02 Å². The van der Waals surface area contributed by atoms with E-state index in [9.17, 15) is 13.2 Å². The number of ether oxygens (including phenoxy) is 3. The number of nitrogens with zero attached hydrogens (tertiary/aromatic N) is 1. The second-order valence-electron chi connectivity index (χ2n) is 13.2. The monoisotopic (exact) mass is 644 g/mol. The van der Waals surface area contributed by atoms with E-state index in [-0.39, 0.29) is 11.5 Å². The summed E-state index contributed by atoms with van der Waals surface area (Å²) in [6.45, 7) is 7.40. The van der Waals surface area contributed by atoms with Gasteiger partial charge in [-0.2, -0.15) is 0 Å². The zero-order chi connectivity index (χ0) is 30.9. The van der Waals surface area contributed by atoms with Crippen LogP contribution in [0.3, 0.4) is 0 Å². The molecule has 1 spiro atoms. The number of amides is 1. The molecule has 6 rings (SSSR count). The number of rotatable bonds is 0. The molecule has 1 N–H and O–H groups in total. The number of benzene rings is 2. The Kier molecular flexibility index (Phi) is 9.48. The van der Waals surface area contributed by atoms with Crippen LogP contribution < -0.4 is 14.4 Å². The average molecular weight is 645 g/mol. The normalized spacial score (nSPS) is 31.3. The van der Waals surface area contributed by atoms with Crippen LogP contribution in [0.25, 0.3) is 0 Å². The quantitative estimate of drug-likeness (QED) is 0.368. The molecule has 8 nitrogen and oxygen atoms in total. The van der Waals surface area contributed by atoms with Crippen molar-refractivity contribution in [1.82, 2.24) is 4.72 Å². The molecule has 240 valence electrons. The molecule has 2 aromatic carbocycles. The second kappa shape index (κ2) is 13.2. The van der Waals surface area contributed by atoms with E-state index in [2.05, 4.69) is 9.62 Å². The summed E-state index contributed by atoms with van der Waals surface area (Å²) in [5.74, 6) is 0.709. The fourth-order valence-electron chi connectivity index (χ4n) is 7.52. The van der Waals surface area contributed by atoms with Gasteiger partial charge in [-0.05, 0) is 111 Å². The van der Waals surface area contributed by atoms with Crippen molar-refractivity contribution in [2.75, 3.05) is 37.8 Å². The maximum Gasteiger partial charge on any atom is 0.264 e. The lowest BCUT2D eigenvalue weighted by atomic mass is 9.63. The lowest BCUT2D eigenvalue weighted by Gasteiger charge is -2.52. The predicted molar refractivity (Wildman–Crippen MR) is 172 cm³/mol. The molecular weight excluding hydrogens is 600 g/mol. The summed E-state index contributed by atoms with van der Waals surface area (Å²) in [5, 5.41) is 0.00169. The zero-order valence-corrected chi connectivity index (χ0v) is 27.4. The van der Waals surface area contributed by atoms with Crippen LogP contribution in [0.15, 0.2) is 36.4 Å². The highest BCUT2D eigenvalue weighted by Gasteiger charge is 2.50. The number of fused-ring (bicyclic) bond motifs is 4. The molecule has 0 unspecified atom stereocenters. The van der Waals surface area contributed by atoms with E-state index in [1.165, 1.54) is 5.56 Å². The number of hydrogen-bond donors (Lipinski definition) is 1.